The first-order valence-electron chi connectivity index (χ1n) is 7.01. The van der Waals surface area contributed by atoms with Crippen LogP contribution in [0.3, 0.4) is 0 Å². The summed E-state index contributed by atoms with van der Waals surface area (Å²) < 4.78 is 64.9. The van der Waals surface area contributed by atoms with Gasteiger partial charge in [-0.25, -0.2) is 8.78 Å². The van der Waals surface area contributed by atoms with Crippen LogP contribution in [0.2, 0.25) is 0 Å². The molecule has 8 heteroatoms. The van der Waals surface area contributed by atoms with Crippen LogP contribution in [0.25, 0.3) is 6.08 Å². The first kappa shape index (κ1) is 19.7. The fourth-order valence-electron chi connectivity index (χ4n) is 2.15. The predicted molar refractivity (Wildman–Crippen MR) is 81.0 cm³/mol. The summed E-state index contributed by atoms with van der Waals surface area (Å²) in [6.07, 6.45) is 2.51. The Bertz CT molecular complexity index is 534. The van der Waals surface area contributed by atoms with Crippen molar-refractivity contribution < 1.29 is 27.0 Å². The molecule has 0 spiro atoms. The Kier molecular flexibility index (Phi) is 7.81. The van der Waals surface area contributed by atoms with Gasteiger partial charge in [-0.15, -0.1) is 12.4 Å². The number of benzene rings is 1. The van der Waals surface area contributed by atoms with Gasteiger partial charge in [0.05, 0.1) is 25.4 Å². The summed E-state index contributed by atoms with van der Waals surface area (Å²) in [5.74, 6) is -6.98. The van der Waals surface area contributed by atoms with E-state index in [2.05, 4.69) is 4.74 Å². The SMILES string of the molecule is CCOc1c(F)c(F)c(C=CCN2CCOCC2)c(F)c1F.Cl. The smallest absolute Gasteiger partial charge is 0.204 e. The maximum atomic E-state index is 13.8. The van der Waals surface area contributed by atoms with Crippen molar-refractivity contribution >= 4 is 18.5 Å². The van der Waals surface area contributed by atoms with E-state index in [1.165, 1.54) is 13.0 Å². The average molecular weight is 356 g/mol. The number of morpholine rings is 1. The van der Waals surface area contributed by atoms with Gasteiger partial charge in [0, 0.05) is 19.6 Å². The van der Waals surface area contributed by atoms with Gasteiger partial charge in [0.25, 0.3) is 0 Å². The zero-order valence-corrected chi connectivity index (χ0v) is 13.4. The number of hydrogen-bond acceptors (Lipinski definition) is 3. The van der Waals surface area contributed by atoms with Crippen LogP contribution in [-0.4, -0.2) is 44.4 Å². The highest BCUT2D eigenvalue weighted by atomic mass is 35.5. The maximum Gasteiger partial charge on any atom is 0.204 e. The van der Waals surface area contributed by atoms with E-state index in [0.29, 0.717) is 32.8 Å². The molecule has 0 atom stereocenters. The van der Waals surface area contributed by atoms with E-state index in [1.54, 1.807) is 0 Å². The molecule has 1 aromatic rings. The predicted octanol–water partition coefficient (Wildman–Crippen LogP) is 3.41. The fourth-order valence-corrected chi connectivity index (χ4v) is 2.15. The van der Waals surface area contributed by atoms with Gasteiger partial charge < -0.3 is 9.47 Å². The number of nitrogens with zero attached hydrogens (tertiary/aromatic N) is 1. The largest absolute Gasteiger partial charge is 0.488 e. The van der Waals surface area contributed by atoms with E-state index >= 15 is 0 Å². The van der Waals surface area contributed by atoms with Crippen molar-refractivity contribution in [3.05, 3.63) is 34.9 Å². The zero-order valence-electron chi connectivity index (χ0n) is 12.6. The average Bonchev–Trinajstić information content (AvgIpc) is 2.54. The molecule has 0 saturated carbocycles. The summed E-state index contributed by atoms with van der Waals surface area (Å²) >= 11 is 0. The minimum absolute atomic E-state index is 0. The van der Waals surface area contributed by atoms with Crippen LogP contribution >= 0.6 is 12.4 Å². The summed E-state index contributed by atoms with van der Waals surface area (Å²) in [6.45, 7) is 4.34. The summed E-state index contributed by atoms with van der Waals surface area (Å²) in [6, 6.07) is 0. The fraction of sp³-hybridized carbons (Fsp3) is 0.467. The van der Waals surface area contributed by atoms with Crippen LogP contribution in [0.4, 0.5) is 17.6 Å². The summed E-state index contributed by atoms with van der Waals surface area (Å²) in [7, 11) is 0. The topological polar surface area (TPSA) is 21.7 Å². The Hall–Kier alpha value is -1.31. The summed E-state index contributed by atoms with van der Waals surface area (Å²) in [5.41, 5.74) is -0.744. The van der Waals surface area contributed by atoms with Crippen LogP contribution in [0.15, 0.2) is 6.08 Å². The lowest BCUT2D eigenvalue weighted by Crippen LogP contribution is -2.36. The molecular weight excluding hydrogens is 338 g/mol. The molecule has 130 valence electrons. The summed E-state index contributed by atoms with van der Waals surface area (Å²) in [5, 5.41) is 0. The number of hydrogen-bond donors (Lipinski definition) is 0. The molecule has 0 aromatic heterocycles. The molecular formula is C15H18ClF4NO2. The lowest BCUT2D eigenvalue weighted by molar-refractivity contribution is 0.0435. The highest BCUT2D eigenvalue weighted by molar-refractivity contribution is 5.85. The second-order valence-corrected chi connectivity index (χ2v) is 4.75. The Labute approximate surface area is 138 Å². The van der Waals surface area contributed by atoms with Crippen LogP contribution in [0.1, 0.15) is 12.5 Å². The van der Waals surface area contributed by atoms with Gasteiger partial charge in [0.2, 0.25) is 11.6 Å². The number of rotatable bonds is 5. The monoisotopic (exact) mass is 355 g/mol. The third-order valence-corrected chi connectivity index (χ3v) is 3.30. The highest BCUT2D eigenvalue weighted by Gasteiger charge is 2.25. The van der Waals surface area contributed by atoms with Gasteiger partial charge in [-0.05, 0) is 6.92 Å². The molecule has 2 rings (SSSR count). The Morgan fingerprint density at radius 1 is 1.04 bits per heavy atom. The standard InChI is InChI=1S/C15H17F4NO2.ClH/c1-2-22-15-13(18)11(16)10(12(17)14(15)19)4-3-5-20-6-8-21-9-7-20;/h3-4H,2,5-9H2,1H3;1H. The van der Waals surface area contributed by atoms with Crippen molar-refractivity contribution in [3.8, 4) is 5.75 Å². The molecule has 0 amide bonds. The zero-order chi connectivity index (χ0) is 16.1. The minimum atomic E-state index is -1.52. The molecule has 1 saturated heterocycles. The molecule has 23 heavy (non-hydrogen) atoms. The molecule has 1 aliphatic heterocycles. The normalized spacial score (nSPS) is 15.7. The third kappa shape index (κ3) is 4.59. The van der Waals surface area contributed by atoms with Crippen molar-refractivity contribution in [2.24, 2.45) is 0 Å². The van der Waals surface area contributed by atoms with Gasteiger partial charge >= 0.3 is 0 Å². The molecule has 0 radical (unpaired) electrons. The van der Waals surface area contributed by atoms with Crippen molar-refractivity contribution in [2.75, 3.05) is 39.5 Å². The van der Waals surface area contributed by atoms with Crippen molar-refractivity contribution in [2.45, 2.75) is 6.92 Å². The molecule has 0 N–H and O–H groups in total. The van der Waals surface area contributed by atoms with Crippen LogP contribution < -0.4 is 4.74 Å². The maximum absolute atomic E-state index is 13.8. The number of halogens is 5. The van der Waals surface area contributed by atoms with E-state index < -0.39 is 34.6 Å². The second kappa shape index (κ2) is 9.10. The molecule has 0 bridgehead atoms. The van der Waals surface area contributed by atoms with Crippen molar-refractivity contribution in [1.82, 2.24) is 4.90 Å². The van der Waals surface area contributed by atoms with E-state index in [0.717, 1.165) is 6.08 Å². The molecule has 0 aliphatic carbocycles. The lowest BCUT2D eigenvalue weighted by Gasteiger charge is -2.25. The van der Waals surface area contributed by atoms with Gasteiger partial charge in [-0.2, -0.15) is 8.78 Å². The van der Waals surface area contributed by atoms with Crippen LogP contribution in [-0.2, 0) is 4.74 Å². The molecule has 1 heterocycles. The third-order valence-electron chi connectivity index (χ3n) is 3.30. The molecule has 3 nitrogen and oxygen atoms in total. The molecule has 1 aliphatic rings. The van der Waals surface area contributed by atoms with Gasteiger partial charge in [0.1, 0.15) is 0 Å². The van der Waals surface area contributed by atoms with Crippen LogP contribution in [0.5, 0.6) is 5.75 Å². The van der Waals surface area contributed by atoms with Gasteiger partial charge in [0.15, 0.2) is 17.4 Å². The van der Waals surface area contributed by atoms with Crippen LogP contribution in [0, 0.1) is 23.3 Å². The first-order chi connectivity index (χ1) is 10.6. The Morgan fingerprint density at radius 3 is 2.13 bits per heavy atom. The Morgan fingerprint density at radius 2 is 1.61 bits per heavy atom. The number of ether oxygens (including phenoxy) is 2. The molecule has 1 fully saturated rings. The highest BCUT2D eigenvalue weighted by Crippen LogP contribution is 2.30. The molecule has 1 aromatic carbocycles. The quantitative estimate of drug-likeness (QED) is 0.597. The van der Waals surface area contributed by atoms with E-state index in [9.17, 15) is 17.6 Å². The van der Waals surface area contributed by atoms with Gasteiger partial charge in [-0.3, -0.25) is 4.90 Å². The van der Waals surface area contributed by atoms with E-state index in [-0.39, 0.29) is 19.0 Å². The lowest BCUT2D eigenvalue weighted by atomic mass is 10.1. The molecule has 0 unspecified atom stereocenters. The van der Waals surface area contributed by atoms with Crippen molar-refractivity contribution in [1.29, 1.82) is 0 Å². The minimum Gasteiger partial charge on any atom is -0.488 e. The second-order valence-electron chi connectivity index (χ2n) is 4.75. The Balaban J connectivity index is 0.00000264. The van der Waals surface area contributed by atoms with Crippen molar-refractivity contribution in [3.63, 3.8) is 0 Å². The first-order valence-corrected chi connectivity index (χ1v) is 7.01. The summed E-state index contributed by atoms with van der Waals surface area (Å²) in [4.78, 5) is 2.00. The van der Waals surface area contributed by atoms with Gasteiger partial charge in [-0.1, -0.05) is 12.2 Å². The van der Waals surface area contributed by atoms with E-state index in [4.69, 9.17) is 4.74 Å². The van der Waals surface area contributed by atoms with E-state index in [1.807, 2.05) is 4.90 Å².